The monoisotopic (exact) mass is 381 g/mol. The van der Waals surface area contributed by atoms with Crippen molar-refractivity contribution in [3.63, 3.8) is 0 Å². The van der Waals surface area contributed by atoms with Crippen LogP contribution in [0.5, 0.6) is 11.5 Å². The molecule has 0 aromatic heterocycles. The maximum atomic E-state index is 12.3. The quantitative estimate of drug-likeness (QED) is 0.585. The molecule has 0 amide bonds. The number of esters is 1. The van der Waals surface area contributed by atoms with Gasteiger partial charge in [0.25, 0.3) is 0 Å². The van der Waals surface area contributed by atoms with E-state index in [0.717, 1.165) is 16.7 Å². The van der Waals surface area contributed by atoms with Gasteiger partial charge in [0.2, 0.25) is 0 Å². The van der Waals surface area contributed by atoms with Gasteiger partial charge >= 0.3 is 12.3 Å². The molecule has 1 aliphatic rings. The second-order valence-electron chi connectivity index (χ2n) is 6.07. The van der Waals surface area contributed by atoms with Crippen LogP contribution in [0.25, 0.3) is 11.1 Å². The Hall–Kier alpha value is -2.58. The molecule has 0 spiro atoms. The van der Waals surface area contributed by atoms with Gasteiger partial charge in [0.15, 0.2) is 0 Å². The fraction of sp³-hybridized carbons (Fsp3) is 0.316. The summed E-state index contributed by atoms with van der Waals surface area (Å²) in [4.78, 5) is 13.8. The highest BCUT2D eigenvalue weighted by molar-refractivity contribution is 5.76. The first-order valence-electron chi connectivity index (χ1n) is 8.25. The first-order valence-corrected chi connectivity index (χ1v) is 8.25. The number of carbonyl (C=O) groups is 1. The van der Waals surface area contributed by atoms with E-state index in [1.54, 1.807) is 31.4 Å². The molecule has 0 saturated heterocycles. The smallest absolute Gasteiger partial charge is 0.425 e. The van der Waals surface area contributed by atoms with Crippen LogP contribution in [0.2, 0.25) is 0 Å². The number of fused-ring (bicyclic) bond motifs is 1. The largest absolute Gasteiger partial charge is 0.573 e. The van der Waals surface area contributed by atoms with Crippen LogP contribution in [0.15, 0.2) is 42.5 Å². The molecule has 0 aliphatic carbocycles. The minimum atomic E-state index is -4.72. The summed E-state index contributed by atoms with van der Waals surface area (Å²) in [5.41, 5.74) is 2.35. The fourth-order valence-electron chi connectivity index (χ4n) is 2.84. The first kappa shape index (κ1) is 19.2. The third-order valence-electron chi connectivity index (χ3n) is 4.06. The number of carbonyl (C=O) groups excluding carboxylic acids is 1. The van der Waals surface area contributed by atoms with Crippen molar-refractivity contribution in [3.05, 3.63) is 48.0 Å². The van der Waals surface area contributed by atoms with Gasteiger partial charge in [-0.1, -0.05) is 18.2 Å². The third-order valence-corrected chi connectivity index (χ3v) is 4.06. The van der Waals surface area contributed by atoms with Crippen LogP contribution in [0.4, 0.5) is 13.2 Å². The van der Waals surface area contributed by atoms with Crippen molar-refractivity contribution in [2.24, 2.45) is 0 Å². The predicted molar refractivity (Wildman–Crippen MR) is 91.3 cm³/mol. The molecule has 0 unspecified atom stereocenters. The summed E-state index contributed by atoms with van der Waals surface area (Å²) in [6.07, 6.45) is -4.72. The highest BCUT2D eigenvalue weighted by Crippen LogP contribution is 2.31. The summed E-state index contributed by atoms with van der Waals surface area (Å²) < 4.78 is 51.1. The van der Waals surface area contributed by atoms with Crippen LogP contribution < -0.4 is 9.47 Å². The molecule has 3 rings (SSSR count). The second-order valence-corrected chi connectivity index (χ2v) is 6.07. The molecule has 27 heavy (non-hydrogen) atoms. The fourth-order valence-corrected chi connectivity index (χ4v) is 2.84. The van der Waals surface area contributed by atoms with Crippen molar-refractivity contribution < 1.29 is 32.2 Å². The Morgan fingerprint density at radius 1 is 1.07 bits per heavy atom. The summed E-state index contributed by atoms with van der Waals surface area (Å²) in [5, 5.41) is 0. The number of halogens is 3. The van der Waals surface area contributed by atoms with Crippen LogP contribution in [-0.2, 0) is 16.1 Å². The Kier molecular flexibility index (Phi) is 5.67. The summed E-state index contributed by atoms with van der Waals surface area (Å²) in [5.74, 6) is -0.132. The number of hydrogen-bond acceptors (Lipinski definition) is 5. The molecule has 5 nitrogen and oxygen atoms in total. The van der Waals surface area contributed by atoms with Gasteiger partial charge in [-0.3, -0.25) is 9.69 Å². The average molecular weight is 381 g/mol. The van der Waals surface area contributed by atoms with Gasteiger partial charge < -0.3 is 14.2 Å². The van der Waals surface area contributed by atoms with Gasteiger partial charge in [0.05, 0.1) is 13.2 Å². The van der Waals surface area contributed by atoms with E-state index in [9.17, 15) is 18.0 Å². The third kappa shape index (κ3) is 5.21. The van der Waals surface area contributed by atoms with Gasteiger partial charge in [-0.05, 0) is 35.4 Å². The van der Waals surface area contributed by atoms with Gasteiger partial charge in [0.1, 0.15) is 11.5 Å². The summed E-state index contributed by atoms with van der Waals surface area (Å²) in [6, 6.07) is 11.0. The lowest BCUT2D eigenvalue weighted by molar-refractivity contribution is -0.274. The van der Waals surface area contributed by atoms with Crippen molar-refractivity contribution in [1.82, 2.24) is 4.90 Å². The molecule has 1 heterocycles. The van der Waals surface area contributed by atoms with Crippen molar-refractivity contribution in [2.75, 3.05) is 26.8 Å². The number of alkyl halides is 3. The highest BCUT2D eigenvalue weighted by atomic mass is 19.4. The maximum absolute atomic E-state index is 12.3. The number of methoxy groups -OCH3 is 1. The van der Waals surface area contributed by atoms with Crippen LogP contribution >= 0.6 is 0 Å². The Morgan fingerprint density at radius 3 is 2.44 bits per heavy atom. The van der Waals surface area contributed by atoms with Crippen molar-refractivity contribution in [3.8, 4) is 22.6 Å². The summed E-state index contributed by atoms with van der Waals surface area (Å²) in [7, 11) is 1.59. The Labute approximate surface area is 154 Å². The van der Waals surface area contributed by atoms with Crippen LogP contribution in [-0.4, -0.2) is 44.0 Å². The van der Waals surface area contributed by atoms with Gasteiger partial charge in [0, 0.05) is 25.8 Å². The Bertz CT molecular complexity index is 806. The van der Waals surface area contributed by atoms with Crippen molar-refractivity contribution in [1.29, 1.82) is 0 Å². The van der Waals surface area contributed by atoms with E-state index in [4.69, 9.17) is 9.47 Å². The second kappa shape index (κ2) is 7.98. The van der Waals surface area contributed by atoms with Crippen molar-refractivity contribution >= 4 is 5.97 Å². The minimum absolute atomic E-state index is 0.164. The van der Waals surface area contributed by atoms with E-state index < -0.39 is 6.36 Å². The van der Waals surface area contributed by atoms with E-state index in [1.165, 1.54) is 12.1 Å². The normalized spacial score (nSPS) is 15.0. The van der Waals surface area contributed by atoms with E-state index >= 15 is 0 Å². The minimum Gasteiger partial charge on any atom is -0.425 e. The molecule has 2 aromatic carbocycles. The molecule has 0 atom stereocenters. The standard InChI is InChI=1S/C19H18F3NO4/c1-25-9-8-23-11-15-10-14(4-7-17(15)26-18(24)12-23)13-2-5-16(6-3-13)27-19(20,21)22/h2-7,10H,8-9,11-12H2,1H3. The molecule has 144 valence electrons. The van der Waals surface area contributed by atoms with Gasteiger partial charge in [-0.2, -0.15) is 0 Å². The molecule has 2 aromatic rings. The zero-order valence-corrected chi connectivity index (χ0v) is 14.6. The first-order chi connectivity index (χ1) is 12.8. The van der Waals surface area contributed by atoms with Crippen LogP contribution in [0.1, 0.15) is 5.56 Å². The lowest BCUT2D eigenvalue weighted by Crippen LogP contribution is -2.31. The van der Waals surface area contributed by atoms with Crippen molar-refractivity contribution in [2.45, 2.75) is 12.9 Å². The molecule has 0 fully saturated rings. The van der Waals surface area contributed by atoms with Gasteiger partial charge in [-0.15, -0.1) is 13.2 Å². The zero-order valence-electron chi connectivity index (χ0n) is 14.6. The van der Waals surface area contributed by atoms with E-state index in [2.05, 4.69) is 4.74 Å². The number of rotatable bonds is 5. The SMILES string of the molecule is COCCN1CC(=O)Oc2ccc(-c3ccc(OC(F)(F)F)cc3)cc2C1. The Morgan fingerprint density at radius 2 is 1.78 bits per heavy atom. The number of nitrogens with zero attached hydrogens (tertiary/aromatic N) is 1. The van der Waals surface area contributed by atoms with Crippen LogP contribution in [0, 0.1) is 0 Å². The molecule has 0 saturated carbocycles. The molecule has 1 aliphatic heterocycles. The number of benzene rings is 2. The molecule has 0 bridgehead atoms. The van der Waals surface area contributed by atoms with E-state index in [-0.39, 0.29) is 18.3 Å². The predicted octanol–water partition coefficient (Wildman–Crippen LogP) is 3.62. The molecule has 0 N–H and O–H groups in total. The summed E-state index contributed by atoms with van der Waals surface area (Å²) in [6.45, 7) is 1.74. The number of hydrogen-bond donors (Lipinski definition) is 0. The topological polar surface area (TPSA) is 48.0 Å². The highest BCUT2D eigenvalue weighted by Gasteiger charge is 2.31. The molecular formula is C19H18F3NO4. The zero-order chi connectivity index (χ0) is 19.4. The van der Waals surface area contributed by atoms with E-state index in [0.29, 0.717) is 25.4 Å². The maximum Gasteiger partial charge on any atom is 0.573 e. The lowest BCUT2D eigenvalue weighted by atomic mass is 10.0. The molecule has 0 radical (unpaired) electrons. The lowest BCUT2D eigenvalue weighted by Gasteiger charge is -2.18. The average Bonchev–Trinajstić information content (AvgIpc) is 2.76. The molecular weight excluding hydrogens is 363 g/mol. The Balaban J connectivity index is 1.82. The summed E-state index contributed by atoms with van der Waals surface area (Å²) >= 11 is 0. The van der Waals surface area contributed by atoms with E-state index in [1.807, 2.05) is 11.0 Å². The number of ether oxygens (including phenoxy) is 3. The van der Waals surface area contributed by atoms with Gasteiger partial charge in [-0.25, -0.2) is 0 Å². The molecule has 8 heteroatoms. The van der Waals surface area contributed by atoms with Crippen LogP contribution in [0.3, 0.4) is 0 Å².